The van der Waals surface area contributed by atoms with Crippen LogP contribution in [0.2, 0.25) is 0 Å². The third kappa shape index (κ3) is 6.95. The van der Waals surface area contributed by atoms with E-state index < -0.39 is 0 Å². The molecule has 1 aromatic rings. The van der Waals surface area contributed by atoms with E-state index in [0.717, 1.165) is 51.3 Å². The third-order valence-corrected chi connectivity index (χ3v) is 3.42. The summed E-state index contributed by atoms with van der Waals surface area (Å²) in [7, 11) is 4.11. The number of hydrogen-bond donors (Lipinski definition) is 1. The Labute approximate surface area is 140 Å². The smallest absolute Gasteiger partial charge is 0.272 e. The predicted octanol–water partition coefficient (Wildman–Crippen LogP) is 2.41. The number of aryl methyl sites for hydroxylation is 1. The average Bonchev–Trinajstić information content (AvgIpc) is 2.50. The minimum Gasteiger partial charge on any atom is -0.370 e. The van der Waals surface area contributed by atoms with Gasteiger partial charge in [0.2, 0.25) is 0 Å². The highest BCUT2D eigenvalue weighted by molar-refractivity contribution is 5.93. The third-order valence-electron chi connectivity index (χ3n) is 3.42. The van der Waals surface area contributed by atoms with Gasteiger partial charge in [0, 0.05) is 25.7 Å². The minimum absolute atomic E-state index is 0.00413. The molecule has 0 aliphatic carbocycles. The molecular formula is C17H31N5O. The number of nitrogens with zero attached hydrogens (tertiary/aromatic N) is 4. The van der Waals surface area contributed by atoms with Gasteiger partial charge in [0.15, 0.2) is 0 Å². The first-order valence-corrected chi connectivity index (χ1v) is 8.51. The van der Waals surface area contributed by atoms with Gasteiger partial charge < -0.3 is 15.1 Å². The van der Waals surface area contributed by atoms with Gasteiger partial charge in [-0.1, -0.05) is 13.8 Å². The van der Waals surface area contributed by atoms with E-state index in [-0.39, 0.29) is 5.91 Å². The topological polar surface area (TPSA) is 61.4 Å². The molecule has 0 aliphatic heterocycles. The molecule has 1 amide bonds. The second-order valence-corrected chi connectivity index (χ2v) is 6.06. The lowest BCUT2D eigenvalue weighted by Crippen LogP contribution is -2.33. The van der Waals surface area contributed by atoms with Crippen LogP contribution in [0.25, 0.3) is 0 Å². The first kappa shape index (κ1) is 19.4. The Morgan fingerprint density at radius 1 is 1.13 bits per heavy atom. The van der Waals surface area contributed by atoms with E-state index in [9.17, 15) is 4.79 Å². The lowest BCUT2D eigenvalue weighted by Gasteiger charge is -2.21. The van der Waals surface area contributed by atoms with Gasteiger partial charge in [-0.15, -0.1) is 0 Å². The van der Waals surface area contributed by atoms with Crippen molar-refractivity contribution in [1.29, 1.82) is 0 Å². The summed E-state index contributed by atoms with van der Waals surface area (Å²) in [5.41, 5.74) is 0.481. The summed E-state index contributed by atoms with van der Waals surface area (Å²) in [6, 6.07) is 1.77. The van der Waals surface area contributed by atoms with Crippen molar-refractivity contribution in [3.8, 4) is 0 Å². The first-order chi connectivity index (χ1) is 11.0. The lowest BCUT2D eigenvalue weighted by molar-refractivity contribution is 0.0749. The molecule has 0 spiro atoms. The highest BCUT2D eigenvalue weighted by Crippen LogP contribution is 2.10. The van der Waals surface area contributed by atoms with E-state index in [2.05, 4.69) is 48.1 Å². The molecule has 0 bridgehead atoms. The van der Waals surface area contributed by atoms with Crippen LogP contribution < -0.4 is 5.32 Å². The zero-order valence-corrected chi connectivity index (χ0v) is 15.2. The van der Waals surface area contributed by atoms with Crippen LogP contribution in [0.5, 0.6) is 0 Å². The summed E-state index contributed by atoms with van der Waals surface area (Å²) in [6.07, 6.45) is 2.92. The predicted molar refractivity (Wildman–Crippen MR) is 94.9 cm³/mol. The molecule has 0 atom stereocenters. The van der Waals surface area contributed by atoms with Gasteiger partial charge in [-0.3, -0.25) is 4.79 Å². The SMILES string of the molecule is CCCN(CCC)C(=O)c1cc(NCCCN(C)C)nc(C)n1. The molecule has 6 nitrogen and oxygen atoms in total. The maximum atomic E-state index is 12.6. The molecule has 1 N–H and O–H groups in total. The van der Waals surface area contributed by atoms with Crippen molar-refractivity contribution in [3.63, 3.8) is 0 Å². The normalized spacial score (nSPS) is 10.9. The van der Waals surface area contributed by atoms with Crippen LogP contribution in [0.3, 0.4) is 0 Å². The Balaban J connectivity index is 2.76. The standard InChI is InChI=1S/C17H31N5O/c1-6-10-22(11-7-2)17(23)15-13-16(20-14(3)19-15)18-9-8-12-21(4)5/h13H,6-12H2,1-5H3,(H,18,19,20). The van der Waals surface area contributed by atoms with Gasteiger partial charge in [0.05, 0.1) is 0 Å². The average molecular weight is 321 g/mol. The number of carbonyl (C=O) groups is 1. The number of aromatic nitrogens is 2. The summed E-state index contributed by atoms with van der Waals surface area (Å²) in [4.78, 5) is 25.4. The fraction of sp³-hybridized carbons (Fsp3) is 0.706. The van der Waals surface area contributed by atoms with Gasteiger partial charge in [-0.05, 0) is 46.8 Å². The summed E-state index contributed by atoms with van der Waals surface area (Å²) in [5.74, 6) is 1.35. The quantitative estimate of drug-likeness (QED) is 0.671. The van der Waals surface area contributed by atoms with Crippen LogP contribution in [-0.2, 0) is 0 Å². The maximum absolute atomic E-state index is 12.6. The van der Waals surface area contributed by atoms with Crippen molar-refractivity contribution in [2.75, 3.05) is 45.6 Å². The molecule has 1 rings (SSSR count). The van der Waals surface area contributed by atoms with E-state index in [1.54, 1.807) is 6.07 Å². The van der Waals surface area contributed by atoms with Crippen molar-refractivity contribution >= 4 is 11.7 Å². The Morgan fingerprint density at radius 3 is 2.35 bits per heavy atom. The molecule has 23 heavy (non-hydrogen) atoms. The number of amides is 1. The van der Waals surface area contributed by atoms with Gasteiger partial charge in [0.1, 0.15) is 17.3 Å². The van der Waals surface area contributed by atoms with E-state index in [1.807, 2.05) is 11.8 Å². The zero-order chi connectivity index (χ0) is 17.2. The molecular weight excluding hydrogens is 290 g/mol. The summed E-state index contributed by atoms with van der Waals surface area (Å²) >= 11 is 0. The van der Waals surface area contributed by atoms with Crippen molar-refractivity contribution < 1.29 is 4.79 Å². The van der Waals surface area contributed by atoms with E-state index in [1.165, 1.54) is 0 Å². The molecule has 1 aromatic heterocycles. The molecule has 1 heterocycles. The Hall–Kier alpha value is -1.69. The molecule has 0 aliphatic rings. The molecule has 0 saturated carbocycles. The molecule has 0 fully saturated rings. The van der Waals surface area contributed by atoms with Crippen molar-refractivity contribution in [2.45, 2.75) is 40.0 Å². The lowest BCUT2D eigenvalue weighted by atomic mass is 10.2. The number of anilines is 1. The van der Waals surface area contributed by atoms with E-state index in [4.69, 9.17) is 0 Å². The van der Waals surface area contributed by atoms with E-state index >= 15 is 0 Å². The molecule has 0 radical (unpaired) electrons. The van der Waals surface area contributed by atoms with Gasteiger partial charge in [-0.2, -0.15) is 0 Å². The van der Waals surface area contributed by atoms with Crippen molar-refractivity contribution in [3.05, 3.63) is 17.6 Å². The Morgan fingerprint density at radius 2 is 1.78 bits per heavy atom. The highest BCUT2D eigenvalue weighted by atomic mass is 16.2. The second-order valence-electron chi connectivity index (χ2n) is 6.06. The van der Waals surface area contributed by atoms with Crippen LogP contribution in [0.4, 0.5) is 5.82 Å². The van der Waals surface area contributed by atoms with E-state index in [0.29, 0.717) is 11.5 Å². The fourth-order valence-electron chi connectivity index (χ4n) is 2.40. The van der Waals surface area contributed by atoms with Gasteiger partial charge in [0.25, 0.3) is 5.91 Å². The molecule has 0 unspecified atom stereocenters. The maximum Gasteiger partial charge on any atom is 0.272 e. The summed E-state index contributed by atoms with van der Waals surface area (Å²) in [6.45, 7) is 9.37. The van der Waals surface area contributed by atoms with Crippen LogP contribution in [0.1, 0.15) is 49.4 Å². The highest BCUT2D eigenvalue weighted by Gasteiger charge is 2.17. The minimum atomic E-state index is -0.00413. The molecule has 0 saturated heterocycles. The first-order valence-electron chi connectivity index (χ1n) is 8.51. The fourth-order valence-corrected chi connectivity index (χ4v) is 2.40. The van der Waals surface area contributed by atoms with Crippen LogP contribution in [-0.4, -0.2) is 65.9 Å². The molecule has 0 aromatic carbocycles. The number of rotatable bonds is 10. The summed E-state index contributed by atoms with van der Waals surface area (Å²) < 4.78 is 0. The van der Waals surface area contributed by atoms with Crippen LogP contribution in [0, 0.1) is 6.92 Å². The molecule has 6 heteroatoms. The van der Waals surface area contributed by atoms with Crippen LogP contribution >= 0.6 is 0 Å². The Bertz CT molecular complexity index is 484. The van der Waals surface area contributed by atoms with Crippen molar-refractivity contribution in [2.24, 2.45) is 0 Å². The second kappa shape index (κ2) is 10.2. The number of carbonyl (C=O) groups excluding carboxylic acids is 1. The monoisotopic (exact) mass is 321 g/mol. The Kier molecular flexibility index (Phi) is 8.55. The zero-order valence-electron chi connectivity index (χ0n) is 15.2. The van der Waals surface area contributed by atoms with Crippen LogP contribution in [0.15, 0.2) is 6.07 Å². The largest absolute Gasteiger partial charge is 0.370 e. The molecule has 130 valence electrons. The van der Waals surface area contributed by atoms with Crippen molar-refractivity contribution in [1.82, 2.24) is 19.8 Å². The number of hydrogen-bond acceptors (Lipinski definition) is 5. The van der Waals surface area contributed by atoms with Gasteiger partial charge >= 0.3 is 0 Å². The van der Waals surface area contributed by atoms with Gasteiger partial charge in [-0.25, -0.2) is 9.97 Å². The number of nitrogens with one attached hydrogen (secondary N) is 1. The summed E-state index contributed by atoms with van der Waals surface area (Å²) in [5, 5.41) is 3.29.